The van der Waals surface area contributed by atoms with Crippen LogP contribution in [0.25, 0.3) is 11.5 Å². The van der Waals surface area contributed by atoms with E-state index in [0.29, 0.717) is 30.2 Å². The van der Waals surface area contributed by atoms with Crippen LogP contribution in [0.4, 0.5) is 5.69 Å². The van der Waals surface area contributed by atoms with Crippen molar-refractivity contribution in [2.24, 2.45) is 7.05 Å². The van der Waals surface area contributed by atoms with Gasteiger partial charge < -0.3 is 19.9 Å². The molecule has 0 radical (unpaired) electrons. The lowest BCUT2D eigenvalue weighted by Crippen LogP contribution is -2.29. The maximum atomic E-state index is 12.9. The van der Waals surface area contributed by atoms with Crippen LogP contribution in [-0.4, -0.2) is 37.2 Å². The number of nitrogens with zero attached hydrogens (tertiary/aromatic N) is 5. The van der Waals surface area contributed by atoms with Gasteiger partial charge in [0.15, 0.2) is 11.6 Å². The molecular weight excluding hydrogens is 418 g/mol. The Morgan fingerprint density at radius 2 is 2.09 bits per heavy atom. The van der Waals surface area contributed by atoms with Gasteiger partial charge in [-0.25, -0.2) is 9.97 Å². The summed E-state index contributed by atoms with van der Waals surface area (Å²) in [5.41, 5.74) is 4.24. The number of nitrogens with one attached hydrogen (secondary N) is 2. The van der Waals surface area contributed by atoms with Crippen molar-refractivity contribution < 1.29 is 9.53 Å². The van der Waals surface area contributed by atoms with Crippen molar-refractivity contribution >= 4 is 11.6 Å². The van der Waals surface area contributed by atoms with Gasteiger partial charge in [-0.2, -0.15) is 0 Å². The molecule has 2 N–H and O–H groups in total. The highest BCUT2D eigenvalue weighted by atomic mass is 16.5. The molecule has 0 bridgehead atoms. The highest BCUT2D eigenvalue weighted by Crippen LogP contribution is 2.33. The molecule has 9 nitrogen and oxygen atoms in total. The summed E-state index contributed by atoms with van der Waals surface area (Å²) >= 11 is 0. The fourth-order valence-electron chi connectivity index (χ4n) is 3.81. The Bertz CT molecular complexity index is 1300. The van der Waals surface area contributed by atoms with E-state index in [4.69, 9.17) is 4.74 Å². The number of rotatable bonds is 6. The van der Waals surface area contributed by atoms with Crippen molar-refractivity contribution in [1.82, 2.24) is 30.0 Å². The van der Waals surface area contributed by atoms with Gasteiger partial charge in [0.25, 0.3) is 5.91 Å². The van der Waals surface area contributed by atoms with Gasteiger partial charge in [-0.3, -0.25) is 4.79 Å². The number of carbonyl (C=O) groups is 1. The maximum absolute atomic E-state index is 12.9. The van der Waals surface area contributed by atoms with Crippen LogP contribution in [0.5, 0.6) is 5.75 Å². The normalized spacial score (nSPS) is 14.4. The number of amides is 1. The molecule has 33 heavy (non-hydrogen) atoms. The molecule has 166 valence electrons. The molecule has 9 heteroatoms. The van der Waals surface area contributed by atoms with Gasteiger partial charge in [0.1, 0.15) is 24.4 Å². The average molecular weight is 441 g/mol. The van der Waals surface area contributed by atoms with Gasteiger partial charge in [0.2, 0.25) is 0 Å². The largest absolute Gasteiger partial charge is 0.491 e. The highest BCUT2D eigenvalue weighted by Gasteiger charge is 2.26. The summed E-state index contributed by atoms with van der Waals surface area (Å²) in [6, 6.07) is 15.0. The van der Waals surface area contributed by atoms with Crippen LogP contribution in [-0.2, 0) is 13.6 Å². The summed E-state index contributed by atoms with van der Waals surface area (Å²) < 4.78 is 7.59. The van der Waals surface area contributed by atoms with Crippen molar-refractivity contribution in [2.75, 3.05) is 11.9 Å². The van der Waals surface area contributed by atoms with Gasteiger partial charge >= 0.3 is 0 Å². The lowest BCUT2D eigenvalue weighted by molar-refractivity contribution is 0.0930. The lowest BCUT2D eigenvalue weighted by Gasteiger charge is -2.13. The standard InChI is InChI=1S/C24H23N7O2/c1-15-6-7-21-18(10-15)20(13-33-21)28-24(32)16-4-3-5-17(11-16)26-12-22-29-30-23(31(22)2)19-8-9-25-14-27-19/h3-11,14,20,26H,12-13H2,1-2H3,(H,28,32)/t20-/m1/s1. The van der Waals surface area contributed by atoms with Gasteiger partial charge in [-0.1, -0.05) is 23.8 Å². The molecule has 4 aromatic rings. The number of fused-ring (bicyclic) bond motifs is 1. The number of aromatic nitrogens is 5. The Labute approximate surface area is 190 Å². The number of benzene rings is 2. The Morgan fingerprint density at radius 3 is 2.94 bits per heavy atom. The van der Waals surface area contributed by atoms with E-state index in [-0.39, 0.29) is 11.9 Å². The number of aryl methyl sites for hydroxylation is 1. The predicted octanol–water partition coefficient (Wildman–Crippen LogP) is 3.06. The van der Waals surface area contributed by atoms with E-state index < -0.39 is 0 Å². The second kappa shape index (κ2) is 8.70. The number of anilines is 1. The van der Waals surface area contributed by atoms with E-state index in [1.807, 2.05) is 48.9 Å². The van der Waals surface area contributed by atoms with Crippen molar-refractivity contribution in [3.8, 4) is 17.3 Å². The molecule has 2 aromatic carbocycles. The number of ether oxygens (including phenoxy) is 1. The van der Waals surface area contributed by atoms with Crippen LogP contribution in [0.2, 0.25) is 0 Å². The third-order valence-corrected chi connectivity index (χ3v) is 5.60. The third-order valence-electron chi connectivity index (χ3n) is 5.60. The molecule has 1 atom stereocenters. The molecule has 1 aliphatic rings. The van der Waals surface area contributed by atoms with Gasteiger partial charge in [-0.05, 0) is 37.3 Å². The van der Waals surface area contributed by atoms with Gasteiger partial charge in [0.05, 0.1) is 12.6 Å². The fourth-order valence-corrected chi connectivity index (χ4v) is 3.81. The Morgan fingerprint density at radius 1 is 1.18 bits per heavy atom. The summed E-state index contributed by atoms with van der Waals surface area (Å²) in [6.07, 6.45) is 3.15. The summed E-state index contributed by atoms with van der Waals surface area (Å²) in [4.78, 5) is 21.1. The Kier molecular flexibility index (Phi) is 5.43. The maximum Gasteiger partial charge on any atom is 0.251 e. The Hall–Kier alpha value is -4.27. The number of hydrogen-bond donors (Lipinski definition) is 2. The van der Waals surface area contributed by atoms with Crippen molar-refractivity contribution in [2.45, 2.75) is 19.5 Å². The number of carbonyl (C=O) groups excluding carboxylic acids is 1. The van der Waals surface area contributed by atoms with Crippen molar-refractivity contribution in [3.63, 3.8) is 0 Å². The zero-order valence-corrected chi connectivity index (χ0v) is 18.3. The van der Waals surface area contributed by atoms with Gasteiger partial charge in [0, 0.05) is 30.1 Å². The van der Waals surface area contributed by atoms with Crippen LogP contribution in [0, 0.1) is 6.92 Å². The van der Waals surface area contributed by atoms with Crippen molar-refractivity contribution in [1.29, 1.82) is 0 Å². The highest BCUT2D eigenvalue weighted by molar-refractivity contribution is 5.95. The molecule has 3 heterocycles. The molecule has 2 aromatic heterocycles. The first-order chi connectivity index (χ1) is 16.1. The topological polar surface area (TPSA) is 107 Å². The molecule has 1 aliphatic heterocycles. The lowest BCUT2D eigenvalue weighted by atomic mass is 10.1. The molecule has 5 rings (SSSR count). The van der Waals surface area contributed by atoms with E-state index in [2.05, 4.69) is 36.9 Å². The SMILES string of the molecule is Cc1ccc2c(c1)[C@H](NC(=O)c1cccc(NCc3nnc(-c4ccncn4)n3C)c1)CO2. The first kappa shape index (κ1) is 20.6. The Balaban J connectivity index is 1.26. The van der Waals surface area contributed by atoms with Crippen molar-refractivity contribution in [3.05, 3.63) is 83.6 Å². The average Bonchev–Trinajstić information content (AvgIpc) is 3.41. The summed E-state index contributed by atoms with van der Waals surface area (Å²) in [6.45, 7) is 2.91. The molecule has 0 spiro atoms. The summed E-state index contributed by atoms with van der Waals surface area (Å²) in [5.74, 6) is 2.09. The zero-order valence-electron chi connectivity index (χ0n) is 18.3. The van der Waals surface area contributed by atoms with Crippen LogP contribution < -0.4 is 15.4 Å². The minimum absolute atomic E-state index is 0.147. The minimum Gasteiger partial charge on any atom is -0.491 e. The zero-order chi connectivity index (χ0) is 22.8. The smallest absolute Gasteiger partial charge is 0.251 e. The van der Waals surface area contributed by atoms with Crippen LogP contribution >= 0.6 is 0 Å². The monoisotopic (exact) mass is 441 g/mol. The molecule has 0 fully saturated rings. The first-order valence-electron chi connectivity index (χ1n) is 10.6. The van der Waals surface area contributed by atoms with E-state index in [1.165, 1.54) is 6.33 Å². The van der Waals surface area contributed by atoms with E-state index >= 15 is 0 Å². The minimum atomic E-state index is -0.164. The summed E-state index contributed by atoms with van der Waals surface area (Å²) in [7, 11) is 1.89. The van der Waals surface area contributed by atoms with Crippen LogP contribution in [0.1, 0.15) is 33.4 Å². The van der Waals surface area contributed by atoms with Crippen LogP contribution in [0.15, 0.2) is 61.1 Å². The molecule has 1 amide bonds. The van der Waals surface area contributed by atoms with Gasteiger partial charge in [-0.15, -0.1) is 10.2 Å². The third kappa shape index (κ3) is 4.25. The molecular formula is C24H23N7O2. The predicted molar refractivity (Wildman–Crippen MR) is 123 cm³/mol. The van der Waals surface area contributed by atoms with E-state index in [0.717, 1.165) is 28.4 Å². The van der Waals surface area contributed by atoms with Crippen LogP contribution in [0.3, 0.4) is 0 Å². The number of hydrogen-bond acceptors (Lipinski definition) is 7. The van der Waals surface area contributed by atoms with E-state index in [1.54, 1.807) is 18.3 Å². The van der Waals surface area contributed by atoms with E-state index in [9.17, 15) is 4.79 Å². The quantitative estimate of drug-likeness (QED) is 0.474. The molecule has 0 saturated carbocycles. The molecule has 0 unspecified atom stereocenters. The first-order valence-corrected chi connectivity index (χ1v) is 10.6. The second-order valence-electron chi connectivity index (χ2n) is 7.91. The molecule has 0 saturated heterocycles. The second-order valence-corrected chi connectivity index (χ2v) is 7.91. The molecule has 0 aliphatic carbocycles. The summed E-state index contributed by atoms with van der Waals surface area (Å²) in [5, 5.41) is 14.9. The fraction of sp³-hybridized carbons (Fsp3) is 0.208.